The first-order valence-electron chi connectivity index (χ1n) is 6.13. The van der Waals surface area contributed by atoms with Gasteiger partial charge in [-0.3, -0.25) is 0 Å². The van der Waals surface area contributed by atoms with Crippen molar-refractivity contribution in [3.63, 3.8) is 0 Å². The molecule has 1 aliphatic rings. The molecule has 4 nitrogen and oxygen atoms in total. The van der Waals surface area contributed by atoms with Crippen LogP contribution in [0.3, 0.4) is 0 Å². The number of nitrogens with two attached hydrogens (primary N) is 1. The van der Waals surface area contributed by atoms with Crippen molar-refractivity contribution in [2.24, 2.45) is 5.73 Å². The number of carbonyl (C=O) groups is 1. The van der Waals surface area contributed by atoms with Gasteiger partial charge in [-0.2, -0.15) is 0 Å². The van der Waals surface area contributed by atoms with Gasteiger partial charge >= 0.3 is 6.03 Å². The predicted molar refractivity (Wildman–Crippen MR) is 68.9 cm³/mol. The minimum atomic E-state index is -0.355. The van der Waals surface area contributed by atoms with Gasteiger partial charge in [0.1, 0.15) is 5.82 Å². The molecule has 1 saturated heterocycles. The van der Waals surface area contributed by atoms with Crippen molar-refractivity contribution in [1.82, 2.24) is 4.90 Å². The number of likely N-dealkylation sites (tertiary alicyclic amines) is 1. The van der Waals surface area contributed by atoms with Crippen molar-refractivity contribution in [1.29, 1.82) is 0 Å². The summed E-state index contributed by atoms with van der Waals surface area (Å²) in [6, 6.07) is 4.68. The maximum absolute atomic E-state index is 13.0. The first-order chi connectivity index (χ1) is 8.56. The first-order valence-corrected chi connectivity index (χ1v) is 6.13. The summed E-state index contributed by atoms with van der Waals surface area (Å²) < 4.78 is 13.0. The van der Waals surface area contributed by atoms with Gasteiger partial charge in [0.05, 0.1) is 0 Å². The molecular formula is C13H18FN3O. The molecule has 18 heavy (non-hydrogen) atoms. The van der Waals surface area contributed by atoms with Crippen molar-refractivity contribution in [2.75, 3.05) is 18.4 Å². The van der Waals surface area contributed by atoms with Crippen LogP contribution in [0.5, 0.6) is 0 Å². The zero-order valence-electron chi connectivity index (χ0n) is 10.4. The number of anilines is 1. The Morgan fingerprint density at radius 2 is 2.11 bits per heavy atom. The molecule has 0 aromatic heterocycles. The number of piperidine rings is 1. The molecule has 1 aromatic carbocycles. The van der Waals surface area contributed by atoms with Gasteiger partial charge in [0.15, 0.2) is 0 Å². The Labute approximate surface area is 106 Å². The van der Waals surface area contributed by atoms with Gasteiger partial charge in [-0.25, -0.2) is 9.18 Å². The van der Waals surface area contributed by atoms with E-state index in [0.29, 0.717) is 19.1 Å². The van der Waals surface area contributed by atoms with Gasteiger partial charge in [0, 0.05) is 24.8 Å². The zero-order chi connectivity index (χ0) is 13.1. The lowest BCUT2D eigenvalue weighted by Gasteiger charge is -2.32. The second kappa shape index (κ2) is 5.25. The smallest absolute Gasteiger partial charge is 0.314 e. The van der Waals surface area contributed by atoms with E-state index >= 15 is 0 Å². The molecule has 0 bridgehead atoms. The van der Waals surface area contributed by atoms with E-state index in [1.54, 1.807) is 11.0 Å². The average molecular weight is 251 g/mol. The van der Waals surface area contributed by atoms with Crippen LogP contribution in [0.2, 0.25) is 0 Å². The summed E-state index contributed by atoms with van der Waals surface area (Å²) in [5.74, 6) is -0.221. The van der Waals surface area contributed by atoms with E-state index < -0.39 is 0 Å². The van der Waals surface area contributed by atoms with Gasteiger partial charge in [-0.15, -0.1) is 0 Å². The molecule has 0 atom stereocenters. The molecule has 2 rings (SSSR count). The standard InChI is InChI=1S/C13H18FN3O/c1-9-8-10(14)2-3-12(9)16-11-4-6-17(7-5-11)13(15)18/h2-3,8,11,16H,4-7H2,1H3,(H2,15,18). The number of primary amides is 1. The molecule has 0 radical (unpaired) electrons. The number of urea groups is 1. The maximum atomic E-state index is 13.0. The molecule has 1 aromatic rings. The molecule has 1 aliphatic heterocycles. The fourth-order valence-corrected chi connectivity index (χ4v) is 2.25. The SMILES string of the molecule is Cc1cc(F)ccc1NC1CCN(C(N)=O)CC1. The normalized spacial score (nSPS) is 16.7. The van der Waals surface area contributed by atoms with E-state index in [9.17, 15) is 9.18 Å². The maximum Gasteiger partial charge on any atom is 0.314 e. The molecule has 0 aliphatic carbocycles. The van der Waals surface area contributed by atoms with Crippen molar-refractivity contribution in [3.8, 4) is 0 Å². The van der Waals surface area contributed by atoms with E-state index in [1.165, 1.54) is 12.1 Å². The van der Waals surface area contributed by atoms with Crippen LogP contribution in [0.1, 0.15) is 18.4 Å². The fraction of sp³-hybridized carbons (Fsp3) is 0.462. The molecule has 1 heterocycles. The minimum absolute atomic E-state index is 0.221. The lowest BCUT2D eigenvalue weighted by molar-refractivity contribution is 0.193. The number of halogens is 1. The quantitative estimate of drug-likeness (QED) is 0.845. The Morgan fingerprint density at radius 3 is 2.67 bits per heavy atom. The molecule has 1 fully saturated rings. The van der Waals surface area contributed by atoms with Gasteiger partial charge in [-0.1, -0.05) is 0 Å². The van der Waals surface area contributed by atoms with E-state index in [2.05, 4.69) is 5.32 Å². The zero-order valence-corrected chi connectivity index (χ0v) is 10.4. The summed E-state index contributed by atoms with van der Waals surface area (Å²) in [5, 5.41) is 3.39. The Morgan fingerprint density at radius 1 is 1.44 bits per heavy atom. The Bertz CT molecular complexity index is 442. The van der Waals surface area contributed by atoms with Crippen molar-refractivity contribution in [2.45, 2.75) is 25.8 Å². The topological polar surface area (TPSA) is 58.4 Å². The summed E-state index contributed by atoms with van der Waals surface area (Å²) in [4.78, 5) is 12.6. The molecular weight excluding hydrogens is 233 g/mol. The Kier molecular flexibility index (Phi) is 3.69. The first kappa shape index (κ1) is 12.7. The summed E-state index contributed by atoms with van der Waals surface area (Å²) in [6.07, 6.45) is 1.72. The highest BCUT2D eigenvalue weighted by Crippen LogP contribution is 2.20. The summed E-state index contributed by atoms with van der Waals surface area (Å²) in [5.41, 5.74) is 7.08. The lowest BCUT2D eigenvalue weighted by Crippen LogP contribution is -2.44. The van der Waals surface area contributed by atoms with Crippen molar-refractivity contribution >= 4 is 11.7 Å². The average Bonchev–Trinajstić information content (AvgIpc) is 2.33. The molecule has 3 N–H and O–H groups in total. The van der Waals surface area contributed by atoms with Crippen molar-refractivity contribution in [3.05, 3.63) is 29.6 Å². The number of hydrogen-bond acceptors (Lipinski definition) is 2. The largest absolute Gasteiger partial charge is 0.382 e. The van der Waals surface area contributed by atoms with E-state index in [1.807, 2.05) is 6.92 Å². The minimum Gasteiger partial charge on any atom is -0.382 e. The molecule has 0 saturated carbocycles. The van der Waals surface area contributed by atoms with Crippen LogP contribution in [-0.4, -0.2) is 30.1 Å². The molecule has 2 amide bonds. The van der Waals surface area contributed by atoms with Gasteiger partial charge in [0.2, 0.25) is 0 Å². The van der Waals surface area contributed by atoms with Crippen molar-refractivity contribution < 1.29 is 9.18 Å². The van der Waals surface area contributed by atoms with Gasteiger partial charge < -0.3 is 16.0 Å². The number of amides is 2. The predicted octanol–water partition coefficient (Wildman–Crippen LogP) is 2.09. The summed E-state index contributed by atoms with van der Waals surface area (Å²) in [6.45, 7) is 3.23. The van der Waals surface area contributed by atoms with E-state index in [-0.39, 0.29) is 11.8 Å². The van der Waals surface area contributed by atoms with Crippen LogP contribution < -0.4 is 11.1 Å². The second-order valence-corrected chi connectivity index (χ2v) is 4.70. The number of aryl methyl sites for hydroxylation is 1. The molecule has 0 spiro atoms. The number of nitrogens with one attached hydrogen (secondary N) is 1. The number of rotatable bonds is 2. The van der Waals surface area contributed by atoms with Crippen LogP contribution in [-0.2, 0) is 0 Å². The Hall–Kier alpha value is -1.78. The highest BCUT2D eigenvalue weighted by Gasteiger charge is 2.21. The van der Waals surface area contributed by atoms with Gasteiger partial charge in [-0.05, 0) is 43.5 Å². The highest BCUT2D eigenvalue weighted by atomic mass is 19.1. The molecule has 98 valence electrons. The third-order valence-corrected chi connectivity index (χ3v) is 3.35. The monoisotopic (exact) mass is 251 g/mol. The number of hydrogen-bond donors (Lipinski definition) is 2. The summed E-state index contributed by atoms with van der Waals surface area (Å²) >= 11 is 0. The second-order valence-electron chi connectivity index (χ2n) is 4.70. The van der Waals surface area contributed by atoms with Crippen LogP contribution in [0, 0.1) is 12.7 Å². The third-order valence-electron chi connectivity index (χ3n) is 3.35. The molecule has 0 unspecified atom stereocenters. The fourth-order valence-electron chi connectivity index (χ4n) is 2.25. The third kappa shape index (κ3) is 2.91. The molecule has 5 heteroatoms. The number of nitrogens with zero attached hydrogens (tertiary/aromatic N) is 1. The van der Waals surface area contributed by atoms with E-state index in [4.69, 9.17) is 5.73 Å². The number of benzene rings is 1. The van der Waals surface area contributed by atoms with Crippen LogP contribution in [0.4, 0.5) is 14.9 Å². The Balaban J connectivity index is 1.93. The van der Waals surface area contributed by atoms with E-state index in [0.717, 1.165) is 24.1 Å². The number of carbonyl (C=O) groups excluding carboxylic acids is 1. The van der Waals surface area contributed by atoms with Crippen LogP contribution in [0.15, 0.2) is 18.2 Å². The summed E-state index contributed by atoms with van der Waals surface area (Å²) in [7, 11) is 0. The lowest BCUT2D eigenvalue weighted by atomic mass is 10.0. The van der Waals surface area contributed by atoms with Crippen LogP contribution >= 0.6 is 0 Å². The highest BCUT2D eigenvalue weighted by molar-refractivity contribution is 5.72. The van der Waals surface area contributed by atoms with Crippen LogP contribution in [0.25, 0.3) is 0 Å². The van der Waals surface area contributed by atoms with Gasteiger partial charge in [0.25, 0.3) is 0 Å².